The molecule has 4 heterocycles. The van der Waals surface area contributed by atoms with Gasteiger partial charge < -0.3 is 14.4 Å². The van der Waals surface area contributed by atoms with Crippen LogP contribution in [0.5, 0.6) is 11.5 Å². The van der Waals surface area contributed by atoms with E-state index >= 15 is 0 Å². The van der Waals surface area contributed by atoms with Crippen LogP contribution < -0.4 is 9.47 Å². The summed E-state index contributed by atoms with van der Waals surface area (Å²) in [5.41, 5.74) is 1.92. The Labute approximate surface area is 194 Å². The predicted octanol–water partition coefficient (Wildman–Crippen LogP) is 3.29. The first-order chi connectivity index (χ1) is 16.2. The van der Waals surface area contributed by atoms with Crippen molar-refractivity contribution in [3.05, 3.63) is 54.0 Å². The van der Waals surface area contributed by atoms with E-state index in [9.17, 15) is 4.79 Å². The Bertz CT molecular complexity index is 1120. The van der Waals surface area contributed by atoms with Crippen molar-refractivity contribution in [2.45, 2.75) is 37.6 Å². The smallest absolute Gasteiger partial charge is 0.237 e. The molecule has 2 aliphatic rings. The summed E-state index contributed by atoms with van der Waals surface area (Å²) in [7, 11) is 3.34. The van der Waals surface area contributed by atoms with Crippen molar-refractivity contribution in [3.8, 4) is 11.5 Å². The lowest BCUT2D eigenvalue weighted by Crippen LogP contribution is -2.43. The van der Waals surface area contributed by atoms with E-state index in [1.54, 1.807) is 14.2 Å². The fourth-order valence-corrected chi connectivity index (χ4v) is 5.26. The second-order valence-electron chi connectivity index (χ2n) is 8.89. The summed E-state index contributed by atoms with van der Waals surface area (Å²) in [4.78, 5) is 17.6. The fraction of sp³-hybridized carbons (Fsp3) is 0.480. The summed E-state index contributed by atoms with van der Waals surface area (Å²) in [5.74, 6) is 3.18. The number of piperidine rings is 1. The summed E-state index contributed by atoms with van der Waals surface area (Å²) in [6.45, 7) is 3.01. The average Bonchev–Trinajstić information content (AvgIpc) is 3.52. The Kier molecular flexibility index (Phi) is 6.17. The number of fused-ring (bicyclic) bond motifs is 1. The van der Waals surface area contributed by atoms with E-state index in [1.165, 1.54) is 0 Å². The monoisotopic (exact) mass is 449 g/mol. The first kappa shape index (κ1) is 21.7. The fourth-order valence-electron chi connectivity index (χ4n) is 5.26. The van der Waals surface area contributed by atoms with Gasteiger partial charge in [0.15, 0.2) is 5.65 Å². The van der Waals surface area contributed by atoms with Gasteiger partial charge in [-0.2, -0.15) is 0 Å². The number of carbonyl (C=O) groups excluding carboxylic acids is 1. The van der Waals surface area contributed by atoms with Crippen molar-refractivity contribution >= 4 is 11.6 Å². The second-order valence-corrected chi connectivity index (χ2v) is 8.89. The molecule has 0 bridgehead atoms. The zero-order valence-electron chi connectivity index (χ0n) is 19.3. The van der Waals surface area contributed by atoms with Crippen molar-refractivity contribution in [3.63, 3.8) is 0 Å². The minimum absolute atomic E-state index is 0.0300. The van der Waals surface area contributed by atoms with Gasteiger partial charge in [0.1, 0.15) is 17.3 Å². The number of hydrogen-bond donors (Lipinski definition) is 0. The largest absolute Gasteiger partial charge is 0.497 e. The lowest BCUT2D eigenvalue weighted by Gasteiger charge is -2.33. The molecule has 0 radical (unpaired) electrons. The number of benzene rings is 1. The number of carbonyl (C=O) groups is 1. The van der Waals surface area contributed by atoms with Crippen LogP contribution in [0.3, 0.4) is 0 Å². The van der Waals surface area contributed by atoms with Gasteiger partial charge in [0, 0.05) is 24.2 Å². The highest BCUT2D eigenvalue weighted by molar-refractivity contribution is 5.79. The molecule has 0 aliphatic carbocycles. The third-order valence-electron chi connectivity index (χ3n) is 7.02. The van der Waals surface area contributed by atoms with Gasteiger partial charge >= 0.3 is 0 Å². The molecule has 1 aromatic carbocycles. The summed E-state index contributed by atoms with van der Waals surface area (Å²) < 4.78 is 13.1. The van der Waals surface area contributed by atoms with Gasteiger partial charge in [0.05, 0.1) is 26.8 Å². The van der Waals surface area contributed by atoms with Crippen LogP contribution in [0.25, 0.3) is 5.65 Å². The Morgan fingerprint density at radius 1 is 1.03 bits per heavy atom. The molecule has 174 valence electrons. The molecule has 2 aliphatic heterocycles. The number of rotatable bonds is 6. The molecule has 5 rings (SSSR count). The number of hydrogen-bond acceptors (Lipinski definition) is 6. The van der Waals surface area contributed by atoms with E-state index in [1.807, 2.05) is 47.5 Å². The number of aromatic nitrogens is 3. The maximum Gasteiger partial charge on any atom is 0.237 e. The molecule has 8 nitrogen and oxygen atoms in total. The molecule has 2 aromatic heterocycles. The Hall–Kier alpha value is -3.13. The number of nitrogens with zero attached hydrogens (tertiary/aromatic N) is 5. The molecule has 0 saturated carbocycles. The van der Waals surface area contributed by atoms with Crippen molar-refractivity contribution in [2.75, 3.05) is 40.4 Å². The van der Waals surface area contributed by atoms with Gasteiger partial charge in [-0.25, -0.2) is 0 Å². The summed E-state index contributed by atoms with van der Waals surface area (Å²) in [6.07, 6.45) is 5.93. The standard InChI is InChI=1S/C25H31N5O3/c1-32-19-8-9-22(33-2)20(16-19)21-6-5-13-29(21)24(31)17-28-14-10-18(11-15-28)25-27-26-23-7-3-4-12-30(23)25/h3-4,7-9,12,16,18,21H,5-6,10-11,13-15,17H2,1-2H3. The molecule has 1 atom stereocenters. The topological polar surface area (TPSA) is 72.2 Å². The van der Waals surface area contributed by atoms with E-state index in [-0.39, 0.29) is 11.9 Å². The highest BCUT2D eigenvalue weighted by Crippen LogP contribution is 2.39. The third-order valence-corrected chi connectivity index (χ3v) is 7.02. The lowest BCUT2D eigenvalue weighted by atomic mass is 9.96. The van der Waals surface area contributed by atoms with Crippen molar-refractivity contribution < 1.29 is 14.3 Å². The van der Waals surface area contributed by atoms with Crippen LogP contribution in [-0.2, 0) is 4.79 Å². The molecule has 2 fully saturated rings. The SMILES string of the molecule is COc1ccc(OC)c(C2CCCN2C(=O)CN2CCC(c3nnc4ccccn34)CC2)c1. The minimum atomic E-state index is 0.0300. The molecular weight excluding hydrogens is 418 g/mol. The molecule has 1 unspecified atom stereocenters. The average molecular weight is 450 g/mol. The van der Waals surface area contributed by atoms with Crippen LogP contribution in [0.4, 0.5) is 0 Å². The molecule has 33 heavy (non-hydrogen) atoms. The number of likely N-dealkylation sites (tertiary alicyclic amines) is 2. The number of pyridine rings is 1. The van der Waals surface area contributed by atoms with E-state index in [0.29, 0.717) is 12.5 Å². The molecule has 3 aromatic rings. The van der Waals surface area contributed by atoms with Crippen LogP contribution in [0.2, 0.25) is 0 Å². The van der Waals surface area contributed by atoms with E-state index in [2.05, 4.69) is 19.5 Å². The van der Waals surface area contributed by atoms with Gasteiger partial charge in [-0.3, -0.25) is 14.1 Å². The highest BCUT2D eigenvalue weighted by Gasteiger charge is 2.34. The normalized spacial score (nSPS) is 19.8. The van der Waals surface area contributed by atoms with Crippen LogP contribution in [-0.4, -0.2) is 70.7 Å². The van der Waals surface area contributed by atoms with Crippen molar-refractivity contribution in [1.82, 2.24) is 24.4 Å². The predicted molar refractivity (Wildman–Crippen MR) is 125 cm³/mol. The molecule has 2 saturated heterocycles. The van der Waals surface area contributed by atoms with E-state index < -0.39 is 0 Å². The summed E-state index contributed by atoms with van der Waals surface area (Å²) >= 11 is 0. The van der Waals surface area contributed by atoms with Crippen LogP contribution in [0.1, 0.15) is 49.0 Å². The lowest BCUT2D eigenvalue weighted by molar-refractivity contribution is -0.133. The first-order valence-corrected chi connectivity index (χ1v) is 11.7. The maximum atomic E-state index is 13.3. The van der Waals surface area contributed by atoms with E-state index in [0.717, 1.165) is 73.9 Å². The Morgan fingerprint density at radius 3 is 2.67 bits per heavy atom. The van der Waals surface area contributed by atoms with Gasteiger partial charge in [0.25, 0.3) is 0 Å². The minimum Gasteiger partial charge on any atom is -0.497 e. The van der Waals surface area contributed by atoms with Gasteiger partial charge in [-0.1, -0.05) is 6.07 Å². The second kappa shape index (κ2) is 9.39. The number of amides is 1. The molecular formula is C25H31N5O3. The quantitative estimate of drug-likeness (QED) is 0.575. The summed E-state index contributed by atoms with van der Waals surface area (Å²) in [5, 5.41) is 8.74. The number of methoxy groups -OCH3 is 2. The van der Waals surface area contributed by atoms with Crippen molar-refractivity contribution in [2.24, 2.45) is 0 Å². The van der Waals surface area contributed by atoms with Crippen LogP contribution in [0.15, 0.2) is 42.6 Å². The molecule has 1 amide bonds. The van der Waals surface area contributed by atoms with Crippen molar-refractivity contribution in [1.29, 1.82) is 0 Å². The molecule has 8 heteroatoms. The zero-order chi connectivity index (χ0) is 22.8. The third kappa shape index (κ3) is 4.27. The first-order valence-electron chi connectivity index (χ1n) is 11.7. The Balaban J connectivity index is 1.23. The van der Waals surface area contributed by atoms with Crippen LogP contribution >= 0.6 is 0 Å². The number of ether oxygens (including phenoxy) is 2. The van der Waals surface area contributed by atoms with Gasteiger partial charge in [0.2, 0.25) is 5.91 Å². The zero-order valence-corrected chi connectivity index (χ0v) is 19.3. The van der Waals surface area contributed by atoms with Gasteiger partial charge in [-0.05, 0) is 69.1 Å². The van der Waals surface area contributed by atoms with Gasteiger partial charge in [-0.15, -0.1) is 10.2 Å². The van der Waals surface area contributed by atoms with Crippen LogP contribution in [0, 0.1) is 0 Å². The Morgan fingerprint density at radius 2 is 1.88 bits per heavy atom. The highest BCUT2D eigenvalue weighted by atomic mass is 16.5. The summed E-state index contributed by atoms with van der Waals surface area (Å²) in [6, 6.07) is 11.8. The molecule has 0 N–H and O–H groups in total. The maximum absolute atomic E-state index is 13.3. The van der Waals surface area contributed by atoms with E-state index in [4.69, 9.17) is 9.47 Å². The molecule has 0 spiro atoms.